The fraction of sp³-hybridized carbons (Fsp3) is 0. The highest BCUT2D eigenvalue weighted by Crippen LogP contribution is 2.25. The number of aromatic nitrogens is 2. The Hall–Kier alpha value is -2.94. The van der Waals surface area contributed by atoms with E-state index in [0.717, 1.165) is 6.07 Å². The molecule has 0 spiro atoms. The van der Waals surface area contributed by atoms with E-state index >= 15 is 0 Å². The number of rotatable bonds is 4. The first-order chi connectivity index (χ1) is 10.5. The summed E-state index contributed by atoms with van der Waals surface area (Å²) in [4.78, 5) is 16.7. The average molecular weight is 318 g/mol. The first-order valence-corrected chi connectivity index (χ1v) is 7.67. The SMILES string of the molecule is O=[N+]([O-])c1ccccc1S(=O)(=O)Nc1nc2ccccc2[nH]1. The van der Waals surface area contributed by atoms with Gasteiger partial charge < -0.3 is 4.98 Å². The minimum Gasteiger partial charge on any atom is -0.323 e. The molecule has 22 heavy (non-hydrogen) atoms. The first-order valence-electron chi connectivity index (χ1n) is 6.18. The molecule has 9 heteroatoms. The first kappa shape index (κ1) is 14.0. The number of hydrogen-bond acceptors (Lipinski definition) is 5. The Bertz CT molecular complexity index is 932. The molecule has 0 aliphatic heterocycles. The second-order valence-corrected chi connectivity index (χ2v) is 6.08. The summed E-state index contributed by atoms with van der Waals surface area (Å²) >= 11 is 0. The van der Waals surface area contributed by atoms with Crippen LogP contribution in [0.3, 0.4) is 0 Å². The molecule has 8 nitrogen and oxygen atoms in total. The molecule has 3 aromatic rings. The normalized spacial score (nSPS) is 11.5. The van der Waals surface area contributed by atoms with Crippen LogP contribution < -0.4 is 4.72 Å². The lowest BCUT2D eigenvalue weighted by Crippen LogP contribution is -2.15. The molecule has 0 fully saturated rings. The third kappa shape index (κ3) is 2.49. The summed E-state index contributed by atoms with van der Waals surface area (Å²) in [6.07, 6.45) is 0. The van der Waals surface area contributed by atoms with E-state index in [-0.39, 0.29) is 5.95 Å². The summed E-state index contributed by atoms with van der Waals surface area (Å²) in [6.45, 7) is 0. The van der Waals surface area contributed by atoms with Gasteiger partial charge in [-0.1, -0.05) is 24.3 Å². The summed E-state index contributed by atoms with van der Waals surface area (Å²) in [5.74, 6) is -0.000601. The van der Waals surface area contributed by atoms with Gasteiger partial charge in [0, 0.05) is 6.07 Å². The maximum absolute atomic E-state index is 12.3. The van der Waals surface area contributed by atoms with Crippen LogP contribution in [-0.4, -0.2) is 23.3 Å². The van der Waals surface area contributed by atoms with Crippen LogP contribution in [0, 0.1) is 10.1 Å². The zero-order chi connectivity index (χ0) is 15.7. The van der Waals surface area contributed by atoms with Crippen molar-refractivity contribution in [2.45, 2.75) is 4.90 Å². The summed E-state index contributed by atoms with van der Waals surface area (Å²) < 4.78 is 26.9. The van der Waals surface area contributed by atoms with Gasteiger partial charge in [0.15, 0.2) is 4.90 Å². The molecule has 0 radical (unpaired) electrons. The summed E-state index contributed by atoms with van der Waals surface area (Å²) in [5, 5.41) is 11.0. The number of imidazole rings is 1. The second kappa shape index (κ2) is 5.11. The van der Waals surface area contributed by atoms with Crippen molar-refractivity contribution in [3.63, 3.8) is 0 Å². The highest BCUT2D eigenvalue weighted by atomic mass is 32.2. The Morgan fingerprint density at radius 3 is 2.50 bits per heavy atom. The van der Waals surface area contributed by atoms with Crippen LogP contribution in [0.5, 0.6) is 0 Å². The number of nitrogens with one attached hydrogen (secondary N) is 2. The summed E-state index contributed by atoms with van der Waals surface area (Å²) in [5.41, 5.74) is 0.747. The van der Waals surface area contributed by atoms with Crippen molar-refractivity contribution < 1.29 is 13.3 Å². The number of hydrogen-bond donors (Lipinski definition) is 2. The third-order valence-corrected chi connectivity index (χ3v) is 4.36. The Morgan fingerprint density at radius 1 is 1.09 bits per heavy atom. The van der Waals surface area contributed by atoms with Crippen LogP contribution in [0.1, 0.15) is 0 Å². The largest absolute Gasteiger partial charge is 0.323 e. The Balaban J connectivity index is 2.02. The lowest BCUT2D eigenvalue weighted by atomic mass is 10.3. The molecule has 0 aliphatic carbocycles. The predicted molar refractivity (Wildman–Crippen MR) is 80.0 cm³/mol. The van der Waals surface area contributed by atoms with Crippen LogP contribution in [0.4, 0.5) is 11.6 Å². The second-order valence-electron chi connectivity index (χ2n) is 4.43. The molecule has 0 unspecified atom stereocenters. The molecule has 0 atom stereocenters. The fourth-order valence-corrected chi connectivity index (χ4v) is 3.16. The van der Waals surface area contributed by atoms with Gasteiger partial charge in [0.1, 0.15) is 0 Å². The number of aromatic amines is 1. The van der Waals surface area contributed by atoms with Crippen LogP contribution >= 0.6 is 0 Å². The van der Waals surface area contributed by atoms with Gasteiger partial charge in [0.25, 0.3) is 15.7 Å². The predicted octanol–water partition coefficient (Wildman–Crippen LogP) is 2.27. The molecule has 1 heterocycles. The molecule has 2 aromatic carbocycles. The Labute approximate surface area is 125 Å². The Morgan fingerprint density at radius 2 is 1.77 bits per heavy atom. The minimum atomic E-state index is -4.12. The summed E-state index contributed by atoms with van der Waals surface area (Å²) in [7, 11) is -4.12. The van der Waals surface area contributed by atoms with Gasteiger partial charge in [0.05, 0.1) is 16.0 Å². The molecular weight excluding hydrogens is 308 g/mol. The smallest absolute Gasteiger partial charge is 0.289 e. The molecule has 0 aliphatic rings. The number of nitrogens with zero attached hydrogens (tertiary/aromatic N) is 2. The zero-order valence-corrected chi connectivity index (χ0v) is 11.9. The van der Waals surface area contributed by atoms with Crippen molar-refractivity contribution in [1.82, 2.24) is 9.97 Å². The van der Waals surface area contributed by atoms with Crippen LogP contribution in [0.25, 0.3) is 11.0 Å². The molecule has 1 aromatic heterocycles. The molecule has 3 rings (SSSR count). The molecule has 0 saturated carbocycles. The van der Waals surface area contributed by atoms with Crippen LogP contribution in [0.2, 0.25) is 0 Å². The molecular formula is C13H10N4O4S. The van der Waals surface area contributed by atoms with E-state index < -0.39 is 25.5 Å². The van der Waals surface area contributed by atoms with E-state index in [9.17, 15) is 18.5 Å². The van der Waals surface area contributed by atoms with Gasteiger partial charge in [-0.05, 0) is 18.2 Å². The van der Waals surface area contributed by atoms with Crippen molar-refractivity contribution in [3.8, 4) is 0 Å². The number of nitro groups is 1. The van der Waals surface area contributed by atoms with Gasteiger partial charge in [-0.3, -0.25) is 10.1 Å². The molecule has 0 bridgehead atoms. The lowest BCUT2D eigenvalue weighted by molar-refractivity contribution is -0.387. The van der Waals surface area contributed by atoms with E-state index in [1.54, 1.807) is 24.3 Å². The number of para-hydroxylation sites is 3. The summed E-state index contributed by atoms with van der Waals surface area (Å²) in [6, 6.07) is 12.1. The number of sulfonamides is 1. The molecule has 0 amide bonds. The van der Waals surface area contributed by atoms with Gasteiger partial charge in [-0.25, -0.2) is 18.1 Å². The van der Waals surface area contributed by atoms with Gasteiger partial charge in [0.2, 0.25) is 5.95 Å². The van der Waals surface area contributed by atoms with Crippen molar-refractivity contribution >= 4 is 32.7 Å². The fourth-order valence-electron chi connectivity index (χ4n) is 2.02. The zero-order valence-electron chi connectivity index (χ0n) is 11.1. The number of benzene rings is 2. The quantitative estimate of drug-likeness (QED) is 0.565. The maximum atomic E-state index is 12.3. The van der Waals surface area contributed by atoms with Gasteiger partial charge in [-0.15, -0.1) is 0 Å². The molecule has 2 N–H and O–H groups in total. The van der Waals surface area contributed by atoms with Crippen molar-refractivity contribution in [2.75, 3.05) is 4.72 Å². The molecule has 112 valence electrons. The number of nitro benzene ring substituents is 1. The standard InChI is InChI=1S/C13H10N4O4S/c18-17(19)11-7-3-4-8-12(11)22(20,21)16-13-14-9-5-1-2-6-10(9)15-13/h1-8H,(H2,14,15,16). The average Bonchev–Trinajstić information content (AvgIpc) is 2.88. The van der Waals surface area contributed by atoms with E-state index in [2.05, 4.69) is 14.7 Å². The number of anilines is 1. The monoisotopic (exact) mass is 318 g/mol. The van der Waals surface area contributed by atoms with Crippen LogP contribution in [0.15, 0.2) is 53.4 Å². The Kier molecular flexibility index (Phi) is 3.26. The lowest BCUT2D eigenvalue weighted by Gasteiger charge is -2.05. The van der Waals surface area contributed by atoms with E-state index in [0.29, 0.717) is 11.0 Å². The topological polar surface area (TPSA) is 118 Å². The minimum absolute atomic E-state index is 0.000601. The van der Waals surface area contributed by atoms with E-state index in [1.807, 2.05) is 0 Å². The van der Waals surface area contributed by atoms with Crippen molar-refractivity contribution in [3.05, 3.63) is 58.6 Å². The van der Waals surface area contributed by atoms with E-state index in [4.69, 9.17) is 0 Å². The maximum Gasteiger partial charge on any atom is 0.289 e. The van der Waals surface area contributed by atoms with Gasteiger partial charge >= 0.3 is 0 Å². The third-order valence-electron chi connectivity index (χ3n) is 2.97. The van der Waals surface area contributed by atoms with Crippen molar-refractivity contribution in [2.24, 2.45) is 0 Å². The number of H-pyrrole nitrogens is 1. The van der Waals surface area contributed by atoms with Crippen molar-refractivity contribution in [1.29, 1.82) is 0 Å². The van der Waals surface area contributed by atoms with Crippen LogP contribution in [-0.2, 0) is 10.0 Å². The number of fused-ring (bicyclic) bond motifs is 1. The van der Waals surface area contributed by atoms with Gasteiger partial charge in [-0.2, -0.15) is 0 Å². The molecule has 0 saturated heterocycles. The highest BCUT2D eigenvalue weighted by Gasteiger charge is 2.26. The van der Waals surface area contributed by atoms with E-state index in [1.165, 1.54) is 18.2 Å². The highest BCUT2D eigenvalue weighted by molar-refractivity contribution is 7.92.